The van der Waals surface area contributed by atoms with E-state index in [-0.39, 0.29) is 18.3 Å². The SMILES string of the molecule is CN=C(NCc1ccc(OCC(F)(F)F)c(OC)c1)NCc1ccc2c(c1)OCO2. The number of nitrogens with zero attached hydrogens (tertiary/aromatic N) is 1. The third kappa shape index (κ3) is 5.85. The summed E-state index contributed by atoms with van der Waals surface area (Å²) in [6, 6.07) is 10.4. The molecule has 0 atom stereocenters. The number of benzene rings is 2. The molecule has 1 aliphatic heterocycles. The number of fused-ring (bicyclic) bond motifs is 1. The molecule has 162 valence electrons. The van der Waals surface area contributed by atoms with E-state index < -0.39 is 12.8 Å². The van der Waals surface area contributed by atoms with E-state index in [2.05, 4.69) is 15.6 Å². The van der Waals surface area contributed by atoms with Gasteiger partial charge in [-0.05, 0) is 35.4 Å². The van der Waals surface area contributed by atoms with E-state index >= 15 is 0 Å². The summed E-state index contributed by atoms with van der Waals surface area (Å²) in [6.45, 7) is -0.253. The number of halogens is 3. The predicted molar refractivity (Wildman–Crippen MR) is 104 cm³/mol. The summed E-state index contributed by atoms with van der Waals surface area (Å²) in [5, 5.41) is 6.33. The van der Waals surface area contributed by atoms with E-state index in [1.807, 2.05) is 18.2 Å². The van der Waals surface area contributed by atoms with Crippen molar-refractivity contribution in [3.63, 3.8) is 0 Å². The van der Waals surface area contributed by atoms with Gasteiger partial charge in [0.1, 0.15) is 0 Å². The zero-order chi connectivity index (χ0) is 21.6. The van der Waals surface area contributed by atoms with Crippen molar-refractivity contribution < 1.29 is 32.1 Å². The van der Waals surface area contributed by atoms with Gasteiger partial charge in [-0.2, -0.15) is 13.2 Å². The summed E-state index contributed by atoms with van der Waals surface area (Å²) in [5.74, 6) is 2.24. The number of ether oxygens (including phenoxy) is 4. The molecule has 0 aliphatic carbocycles. The zero-order valence-electron chi connectivity index (χ0n) is 16.5. The fourth-order valence-corrected chi connectivity index (χ4v) is 2.74. The Bertz CT molecular complexity index is 903. The van der Waals surface area contributed by atoms with Gasteiger partial charge in [-0.3, -0.25) is 4.99 Å². The molecular weight excluding hydrogens is 403 g/mol. The van der Waals surface area contributed by atoms with Crippen molar-refractivity contribution in [2.45, 2.75) is 19.3 Å². The van der Waals surface area contributed by atoms with E-state index in [1.165, 1.54) is 13.2 Å². The Balaban J connectivity index is 1.54. The molecule has 1 aliphatic rings. The number of guanidine groups is 1. The van der Waals surface area contributed by atoms with Gasteiger partial charge in [0.15, 0.2) is 35.6 Å². The molecule has 2 aromatic carbocycles. The van der Waals surface area contributed by atoms with Gasteiger partial charge in [-0.1, -0.05) is 12.1 Å². The maximum Gasteiger partial charge on any atom is 0.422 e. The molecule has 10 heteroatoms. The maximum absolute atomic E-state index is 12.4. The lowest BCUT2D eigenvalue weighted by atomic mass is 10.2. The predicted octanol–water partition coefficient (Wildman–Crippen LogP) is 3.23. The summed E-state index contributed by atoms with van der Waals surface area (Å²) in [7, 11) is 3.02. The summed E-state index contributed by atoms with van der Waals surface area (Å²) >= 11 is 0. The van der Waals surface area contributed by atoms with E-state index in [9.17, 15) is 13.2 Å². The van der Waals surface area contributed by atoms with E-state index in [1.54, 1.807) is 19.2 Å². The number of methoxy groups -OCH3 is 1. The molecule has 0 amide bonds. The van der Waals surface area contributed by atoms with Gasteiger partial charge in [0.2, 0.25) is 6.79 Å². The average molecular weight is 425 g/mol. The molecule has 7 nitrogen and oxygen atoms in total. The van der Waals surface area contributed by atoms with Gasteiger partial charge >= 0.3 is 6.18 Å². The third-order valence-corrected chi connectivity index (χ3v) is 4.20. The molecule has 0 saturated carbocycles. The molecule has 0 aromatic heterocycles. The second-order valence-corrected chi connectivity index (χ2v) is 6.36. The fraction of sp³-hybridized carbons (Fsp3) is 0.350. The van der Waals surface area contributed by atoms with Crippen molar-refractivity contribution in [1.82, 2.24) is 10.6 Å². The first-order valence-electron chi connectivity index (χ1n) is 9.07. The van der Waals surface area contributed by atoms with E-state index in [0.29, 0.717) is 24.8 Å². The van der Waals surface area contributed by atoms with Crippen molar-refractivity contribution in [2.24, 2.45) is 4.99 Å². The average Bonchev–Trinajstić information content (AvgIpc) is 3.20. The smallest absolute Gasteiger partial charge is 0.422 e. The van der Waals surface area contributed by atoms with Crippen molar-refractivity contribution in [3.05, 3.63) is 47.5 Å². The van der Waals surface area contributed by atoms with Crippen LogP contribution in [0, 0.1) is 0 Å². The standard InChI is InChI=1S/C20H22F3N3O4/c1-24-19(26-10-14-4-6-16-18(8-14)30-12-29-16)25-9-13-3-5-15(17(7-13)27-2)28-11-20(21,22)23/h3-8H,9-12H2,1-2H3,(H2,24,25,26). The van der Waals surface area contributed by atoms with Crippen LogP contribution in [-0.2, 0) is 13.1 Å². The van der Waals surface area contributed by atoms with E-state index in [0.717, 1.165) is 16.9 Å². The first-order valence-corrected chi connectivity index (χ1v) is 9.07. The molecule has 0 unspecified atom stereocenters. The highest BCUT2D eigenvalue weighted by atomic mass is 19.4. The quantitative estimate of drug-likeness (QED) is 0.524. The second kappa shape index (κ2) is 9.47. The molecule has 0 bridgehead atoms. The van der Waals surface area contributed by atoms with Crippen LogP contribution in [0.4, 0.5) is 13.2 Å². The zero-order valence-corrected chi connectivity index (χ0v) is 16.5. The molecular formula is C20H22F3N3O4. The first kappa shape index (κ1) is 21.4. The minimum absolute atomic E-state index is 0.0314. The largest absolute Gasteiger partial charge is 0.493 e. The molecule has 0 fully saturated rings. The molecule has 2 N–H and O–H groups in total. The number of rotatable bonds is 7. The van der Waals surface area contributed by atoms with Crippen molar-refractivity contribution >= 4 is 5.96 Å². The monoisotopic (exact) mass is 425 g/mol. The molecule has 2 aromatic rings. The van der Waals surface area contributed by atoms with Crippen LogP contribution < -0.4 is 29.6 Å². The lowest BCUT2D eigenvalue weighted by Crippen LogP contribution is -2.36. The number of nitrogens with one attached hydrogen (secondary N) is 2. The minimum atomic E-state index is -4.42. The summed E-state index contributed by atoms with van der Waals surface area (Å²) < 4.78 is 57.7. The van der Waals surface area contributed by atoms with Crippen LogP contribution in [0.3, 0.4) is 0 Å². The number of hydrogen-bond acceptors (Lipinski definition) is 5. The minimum Gasteiger partial charge on any atom is -0.493 e. The molecule has 3 rings (SSSR count). The Morgan fingerprint density at radius 1 is 1.00 bits per heavy atom. The third-order valence-electron chi connectivity index (χ3n) is 4.20. The summed E-state index contributed by atoms with van der Waals surface area (Å²) in [5.41, 5.74) is 1.78. The normalized spacial score (nSPS) is 13.2. The van der Waals surface area contributed by atoms with Crippen molar-refractivity contribution in [1.29, 1.82) is 0 Å². The molecule has 30 heavy (non-hydrogen) atoms. The van der Waals surface area contributed by atoms with Crippen LogP contribution in [0.15, 0.2) is 41.4 Å². The summed E-state index contributed by atoms with van der Waals surface area (Å²) in [6.07, 6.45) is -4.42. The Kier molecular flexibility index (Phi) is 6.76. The fourth-order valence-electron chi connectivity index (χ4n) is 2.74. The summed E-state index contributed by atoms with van der Waals surface area (Å²) in [4.78, 5) is 4.16. The van der Waals surface area contributed by atoms with Crippen LogP contribution in [0.25, 0.3) is 0 Å². The van der Waals surface area contributed by atoms with E-state index in [4.69, 9.17) is 18.9 Å². The number of aliphatic imine (C=N–C) groups is 1. The molecule has 1 heterocycles. The van der Waals surface area contributed by atoms with Gasteiger partial charge in [0.25, 0.3) is 0 Å². The highest BCUT2D eigenvalue weighted by Crippen LogP contribution is 2.32. The lowest BCUT2D eigenvalue weighted by molar-refractivity contribution is -0.153. The van der Waals surface area contributed by atoms with Crippen LogP contribution in [0.2, 0.25) is 0 Å². The highest BCUT2D eigenvalue weighted by Gasteiger charge is 2.29. The maximum atomic E-state index is 12.4. The Morgan fingerprint density at radius 3 is 2.33 bits per heavy atom. The van der Waals surface area contributed by atoms with Crippen molar-refractivity contribution in [2.75, 3.05) is 27.6 Å². The Hall–Kier alpha value is -3.30. The van der Waals surface area contributed by atoms with Crippen molar-refractivity contribution in [3.8, 4) is 23.0 Å². The molecule has 0 saturated heterocycles. The number of hydrogen-bond donors (Lipinski definition) is 2. The number of alkyl halides is 3. The molecule has 0 radical (unpaired) electrons. The van der Waals surface area contributed by atoms with Crippen LogP contribution in [0.5, 0.6) is 23.0 Å². The van der Waals surface area contributed by atoms with Crippen LogP contribution in [-0.4, -0.2) is 39.7 Å². The van der Waals surface area contributed by atoms with Gasteiger partial charge in [-0.15, -0.1) is 0 Å². The molecule has 0 spiro atoms. The topological polar surface area (TPSA) is 73.3 Å². The van der Waals surface area contributed by atoms with Gasteiger partial charge < -0.3 is 29.6 Å². The van der Waals surface area contributed by atoms with Crippen LogP contribution >= 0.6 is 0 Å². The Labute approximate surface area is 171 Å². The lowest BCUT2D eigenvalue weighted by Gasteiger charge is -2.15. The van der Waals surface area contributed by atoms with Gasteiger partial charge in [0, 0.05) is 20.1 Å². The highest BCUT2D eigenvalue weighted by molar-refractivity contribution is 5.79. The first-order chi connectivity index (χ1) is 14.4. The van der Waals surface area contributed by atoms with Crippen LogP contribution in [0.1, 0.15) is 11.1 Å². The van der Waals surface area contributed by atoms with Gasteiger partial charge in [0.05, 0.1) is 7.11 Å². The Morgan fingerprint density at radius 2 is 1.67 bits per heavy atom. The van der Waals surface area contributed by atoms with Gasteiger partial charge in [-0.25, -0.2) is 0 Å². The second-order valence-electron chi connectivity index (χ2n) is 6.36.